The third-order valence-electron chi connectivity index (χ3n) is 3.54. The molecule has 94 valence electrons. The van der Waals surface area contributed by atoms with Crippen LogP contribution in [0.25, 0.3) is 10.9 Å². The number of para-hydroxylation sites is 1. The van der Waals surface area contributed by atoms with Gasteiger partial charge in [-0.05, 0) is 25.0 Å². The van der Waals surface area contributed by atoms with Crippen LogP contribution in [0.3, 0.4) is 0 Å². The maximum Gasteiger partial charge on any atom is 0.0705 e. The summed E-state index contributed by atoms with van der Waals surface area (Å²) in [5, 5.41) is 1.17. The highest BCUT2D eigenvalue weighted by molar-refractivity contribution is 5.78. The van der Waals surface area contributed by atoms with Crippen LogP contribution in [0.15, 0.2) is 36.4 Å². The highest BCUT2D eigenvalue weighted by Crippen LogP contribution is 2.21. The number of aromatic nitrogens is 1. The quantitative estimate of drug-likeness (QED) is 0.879. The molecule has 0 bridgehead atoms. The Kier molecular flexibility index (Phi) is 3.02. The summed E-state index contributed by atoms with van der Waals surface area (Å²) < 4.78 is 5.49. The molecule has 1 unspecified atom stereocenters. The topological polar surface area (TPSA) is 48.1 Å². The Labute approximate surface area is 107 Å². The van der Waals surface area contributed by atoms with Gasteiger partial charge in [-0.15, -0.1) is 0 Å². The Hall–Kier alpha value is -1.45. The Bertz CT molecular complexity index is 547. The third-order valence-corrected chi connectivity index (χ3v) is 3.54. The molecule has 1 aromatic carbocycles. The van der Waals surface area contributed by atoms with Crippen LogP contribution in [-0.2, 0) is 11.2 Å². The molecular formula is C15H18N2O. The average molecular weight is 242 g/mol. The van der Waals surface area contributed by atoms with Gasteiger partial charge in [0.25, 0.3) is 0 Å². The molecule has 2 heterocycles. The van der Waals surface area contributed by atoms with Crippen molar-refractivity contribution < 1.29 is 4.74 Å². The Morgan fingerprint density at radius 1 is 1.22 bits per heavy atom. The number of nitrogens with two attached hydrogens (primary N) is 1. The van der Waals surface area contributed by atoms with Crippen molar-refractivity contribution in [2.24, 2.45) is 5.73 Å². The van der Waals surface area contributed by atoms with Gasteiger partial charge in [-0.3, -0.25) is 4.98 Å². The number of fused-ring (bicyclic) bond motifs is 1. The fourth-order valence-corrected chi connectivity index (χ4v) is 2.58. The second-order valence-corrected chi connectivity index (χ2v) is 5.19. The molecule has 0 aliphatic carbocycles. The molecule has 1 aliphatic rings. The van der Waals surface area contributed by atoms with E-state index in [2.05, 4.69) is 23.2 Å². The highest BCUT2D eigenvalue weighted by atomic mass is 16.5. The van der Waals surface area contributed by atoms with Crippen LogP contribution in [0.2, 0.25) is 0 Å². The van der Waals surface area contributed by atoms with Crippen molar-refractivity contribution >= 4 is 10.9 Å². The zero-order valence-electron chi connectivity index (χ0n) is 10.4. The first-order valence-electron chi connectivity index (χ1n) is 6.47. The smallest absolute Gasteiger partial charge is 0.0705 e. The van der Waals surface area contributed by atoms with Crippen LogP contribution < -0.4 is 5.73 Å². The number of pyridine rings is 1. The van der Waals surface area contributed by atoms with Gasteiger partial charge in [0.05, 0.1) is 12.1 Å². The molecule has 1 fully saturated rings. The van der Waals surface area contributed by atoms with E-state index in [9.17, 15) is 0 Å². The lowest BCUT2D eigenvalue weighted by molar-refractivity contribution is 0.0379. The molecule has 3 rings (SSSR count). The molecule has 1 aromatic heterocycles. The van der Waals surface area contributed by atoms with Gasteiger partial charge in [0, 0.05) is 29.6 Å². The summed E-state index contributed by atoms with van der Waals surface area (Å²) >= 11 is 0. The van der Waals surface area contributed by atoms with Crippen LogP contribution >= 0.6 is 0 Å². The first-order valence-corrected chi connectivity index (χ1v) is 6.47. The number of ether oxygens (including phenoxy) is 1. The van der Waals surface area contributed by atoms with Gasteiger partial charge < -0.3 is 10.5 Å². The van der Waals surface area contributed by atoms with Gasteiger partial charge in [0.1, 0.15) is 0 Å². The summed E-state index contributed by atoms with van der Waals surface area (Å²) in [5.41, 5.74) is 8.22. The van der Waals surface area contributed by atoms with E-state index >= 15 is 0 Å². The minimum atomic E-state index is -0.242. The van der Waals surface area contributed by atoms with Gasteiger partial charge >= 0.3 is 0 Å². The van der Waals surface area contributed by atoms with Crippen LogP contribution in [0, 0.1) is 0 Å². The summed E-state index contributed by atoms with van der Waals surface area (Å²) in [4.78, 5) is 4.68. The maximum atomic E-state index is 6.37. The second-order valence-electron chi connectivity index (χ2n) is 5.19. The molecule has 0 radical (unpaired) electrons. The minimum absolute atomic E-state index is 0.242. The lowest BCUT2D eigenvalue weighted by atomic mass is 9.88. The fourth-order valence-electron chi connectivity index (χ4n) is 2.58. The Morgan fingerprint density at radius 2 is 2.11 bits per heavy atom. The third kappa shape index (κ3) is 2.37. The predicted octanol–water partition coefficient (Wildman–Crippen LogP) is 2.29. The number of nitrogens with zero attached hydrogens (tertiary/aromatic N) is 1. The molecule has 1 saturated heterocycles. The van der Waals surface area contributed by atoms with Gasteiger partial charge in [0.2, 0.25) is 0 Å². The summed E-state index contributed by atoms with van der Waals surface area (Å²) in [6, 6.07) is 12.4. The lowest BCUT2D eigenvalue weighted by Gasteiger charge is -2.33. The fraction of sp³-hybridized carbons (Fsp3) is 0.400. The molecule has 3 heteroatoms. The molecule has 0 amide bonds. The number of rotatable bonds is 2. The first-order chi connectivity index (χ1) is 8.75. The summed E-state index contributed by atoms with van der Waals surface area (Å²) in [6.45, 7) is 1.48. The lowest BCUT2D eigenvalue weighted by Crippen LogP contribution is -2.49. The van der Waals surface area contributed by atoms with Crippen molar-refractivity contribution in [2.45, 2.75) is 24.8 Å². The predicted molar refractivity (Wildman–Crippen MR) is 72.4 cm³/mol. The van der Waals surface area contributed by atoms with E-state index < -0.39 is 0 Å². The minimum Gasteiger partial charge on any atom is -0.380 e. The van der Waals surface area contributed by atoms with Crippen molar-refractivity contribution in [3.8, 4) is 0 Å². The zero-order chi connectivity index (χ0) is 12.4. The van der Waals surface area contributed by atoms with Crippen molar-refractivity contribution in [1.29, 1.82) is 0 Å². The van der Waals surface area contributed by atoms with E-state index in [0.29, 0.717) is 6.61 Å². The number of benzene rings is 1. The Morgan fingerprint density at radius 3 is 2.94 bits per heavy atom. The van der Waals surface area contributed by atoms with Crippen LogP contribution in [0.5, 0.6) is 0 Å². The largest absolute Gasteiger partial charge is 0.380 e. The summed E-state index contributed by atoms with van der Waals surface area (Å²) in [6.07, 6.45) is 2.85. The average Bonchev–Trinajstić information content (AvgIpc) is 2.39. The van der Waals surface area contributed by atoms with E-state index in [0.717, 1.165) is 37.1 Å². The second kappa shape index (κ2) is 4.67. The van der Waals surface area contributed by atoms with E-state index in [4.69, 9.17) is 10.5 Å². The zero-order valence-corrected chi connectivity index (χ0v) is 10.4. The number of hydrogen-bond donors (Lipinski definition) is 1. The van der Waals surface area contributed by atoms with Crippen molar-refractivity contribution in [3.63, 3.8) is 0 Å². The van der Waals surface area contributed by atoms with Crippen molar-refractivity contribution in [1.82, 2.24) is 4.98 Å². The molecule has 1 atom stereocenters. The van der Waals surface area contributed by atoms with Crippen molar-refractivity contribution in [2.75, 3.05) is 13.2 Å². The summed E-state index contributed by atoms with van der Waals surface area (Å²) in [5.74, 6) is 0. The summed E-state index contributed by atoms with van der Waals surface area (Å²) in [7, 11) is 0. The normalized spacial score (nSPS) is 24.3. The van der Waals surface area contributed by atoms with Crippen LogP contribution in [-0.4, -0.2) is 23.7 Å². The monoisotopic (exact) mass is 242 g/mol. The molecule has 0 spiro atoms. The van der Waals surface area contributed by atoms with Gasteiger partial charge in [-0.25, -0.2) is 0 Å². The molecule has 0 saturated carbocycles. The highest BCUT2D eigenvalue weighted by Gasteiger charge is 2.28. The number of hydrogen-bond acceptors (Lipinski definition) is 3. The van der Waals surface area contributed by atoms with Crippen LogP contribution in [0.1, 0.15) is 18.5 Å². The Balaban J connectivity index is 1.85. The van der Waals surface area contributed by atoms with Gasteiger partial charge in [-0.2, -0.15) is 0 Å². The molecule has 18 heavy (non-hydrogen) atoms. The van der Waals surface area contributed by atoms with E-state index in [-0.39, 0.29) is 5.54 Å². The molecule has 1 aliphatic heterocycles. The molecule has 2 aromatic rings. The maximum absolute atomic E-state index is 6.37. The van der Waals surface area contributed by atoms with Crippen molar-refractivity contribution in [3.05, 3.63) is 42.1 Å². The van der Waals surface area contributed by atoms with Gasteiger partial charge in [-0.1, -0.05) is 24.3 Å². The molecule has 3 nitrogen and oxygen atoms in total. The van der Waals surface area contributed by atoms with E-state index in [1.807, 2.05) is 18.2 Å². The van der Waals surface area contributed by atoms with E-state index in [1.165, 1.54) is 5.39 Å². The SMILES string of the molecule is NC1(Cc2ccc3ccccc3n2)CCCOC1. The van der Waals surface area contributed by atoms with E-state index in [1.54, 1.807) is 0 Å². The van der Waals surface area contributed by atoms with Crippen LogP contribution in [0.4, 0.5) is 0 Å². The van der Waals surface area contributed by atoms with Gasteiger partial charge in [0.15, 0.2) is 0 Å². The molecular weight excluding hydrogens is 224 g/mol. The standard InChI is InChI=1S/C15H18N2O/c16-15(8-3-9-18-11-15)10-13-7-6-12-4-1-2-5-14(12)17-13/h1-2,4-7H,3,8-11,16H2. The molecule has 2 N–H and O–H groups in total. The first kappa shape index (κ1) is 11.6.